The van der Waals surface area contributed by atoms with E-state index in [4.69, 9.17) is 9.84 Å². The summed E-state index contributed by atoms with van der Waals surface area (Å²) in [5, 5.41) is 12.8. The molecule has 1 aromatic heterocycles. The van der Waals surface area contributed by atoms with Gasteiger partial charge in [0.25, 0.3) is 0 Å². The fraction of sp³-hybridized carbons (Fsp3) is 0.588. The number of thiol groups is 1. The van der Waals surface area contributed by atoms with Crippen molar-refractivity contribution in [3.05, 3.63) is 17.6 Å². The van der Waals surface area contributed by atoms with Crippen molar-refractivity contribution >= 4 is 30.2 Å². The largest absolute Gasteiger partial charge is 0.481 e. The number of fused-ring (bicyclic) bond motifs is 1. The summed E-state index contributed by atoms with van der Waals surface area (Å²) in [5.74, 6) is -0.679. The molecule has 0 aliphatic heterocycles. The van der Waals surface area contributed by atoms with Crippen LogP contribution in [0, 0.1) is 0 Å². The smallest absolute Gasteiger partial charge is 0.303 e. The maximum absolute atomic E-state index is 11.9. The van der Waals surface area contributed by atoms with Crippen molar-refractivity contribution in [2.75, 3.05) is 6.61 Å². The van der Waals surface area contributed by atoms with Gasteiger partial charge in [-0.2, -0.15) is 17.7 Å². The first-order valence-electron chi connectivity index (χ1n) is 8.53. The van der Waals surface area contributed by atoms with Crippen molar-refractivity contribution in [2.45, 2.75) is 57.1 Å². The zero-order chi connectivity index (χ0) is 19.2. The van der Waals surface area contributed by atoms with Gasteiger partial charge in [-0.05, 0) is 25.7 Å². The number of amides is 1. The van der Waals surface area contributed by atoms with Gasteiger partial charge < -0.3 is 9.84 Å². The van der Waals surface area contributed by atoms with Gasteiger partial charge in [0.15, 0.2) is 0 Å². The van der Waals surface area contributed by atoms with Crippen LogP contribution in [-0.4, -0.2) is 44.0 Å². The molecule has 0 fully saturated rings. The molecule has 2 N–H and O–H groups in total. The molecule has 8 nitrogen and oxygen atoms in total. The van der Waals surface area contributed by atoms with Crippen LogP contribution in [0.15, 0.2) is 11.3 Å². The van der Waals surface area contributed by atoms with E-state index < -0.39 is 10.7 Å². The Morgan fingerprint density at radius 3 is 2.88 bits per heavy atom. The average Bonchev–Trinajstić information content (AvgIpc) is 2.55. The third kappa shape index (κ3) is 6.62. The minimum atomic E-state index is -0.852. The van der Waals surface area contributed by atoms with Gasteiger partial charge in [-0.1, -0.05) is 13.8 Å². The van der Waals surface area contributed by atoms with Gasteiger partial charge >= 0.3 is 5.97 Å². The normalized spacial score (nSPS) is 15.4. The predicted molar refractivity (Wildman–Crippen MR) is 99.7 cm³/mol. The second kappa shape index (κ2) is 8.98. The van der Waals surface area contributed by atoms with Crippen molar-refractivity contribution in [3.8, 4) is 5.88 Å². The second-order valence-electron chi connectivity index (χ2n) is 6.79. The van der Waals surface area contributed by atoms with Crippen molar-refractivity contribution in [1.29, 1.82) is 0 Å². The summed E-state index contributed by atoms with van der Waals surface area (Å²) in [6.45, 7) is 4.00. The number of aryl methyl sites for hydroxylation is 1. The van der Waals surface area contributed by atoms with Crippen LogP contribution < -0.4 is 10.2 Å². The number of ether oxygens (including phenoxy) is 1. The number of nitrogens with zero attached hydrogens (tertiary/aromatic N) is 3. The first-order chi connectivity index (χ1) is 12.2. The van der Waals surface area contributed by atoms with Crippen LogP contribution in [0.2, 0.25) is 0 Å². The van der Waals surface area contributed by atoms with E-state index in [9.17, 15) is 9.59 Å². The van der Waals surface area contributed by atoms with E-state index in [1.165, 1.54) is 6.20 Å². The second-order valence-corrected chi connectivity index (χ2v) is 8.00. The Bertz CT molecular complexity index is 700. The highest BCUT2D eigenvalue weighted by atomic mass is 32.1. The molecule has 0 bridgehead atoms. The molecule has 1 aliphatic carbocycles. The number of hydrogen-bond donors (Lipinski definition) is 3. The van der Waals surface area contributed by atoms with Crippen LogP contribution in [-0.2, 0) is 16.0 Å². The number of aromatic nitrogens is 2. The van der Waals surface area contributed by atoms with E-state index in [-0.39, 0.29) is 25.4 Å². The highest BCUT2D eigenvalue weighted by molar-refractivity contribution is 7.81. The molecule has 0 saturated heterocycles. The number of carboxylic acid groups (broad SMARTS) is 1. The number of aliphatic carboxylic acids is 1. The number of hydrogen-bond acceptors (Lipinski definition) is 7. The molecule has 0 spiro atoms. The zero-order valence-corrected chi connectivity index (χ0v) is 15.9. The Kier molecular flexibility index (Phi) is 6.96. The van der Waals surface area contributed by atoms with Gasteiger partial charge in [-0.3, -0.25) is 9.59 Å². The molecule has 142 valence electrons. The fourth-order valence-electron chi connectivity index (χ4n) is 2.51. The zero-order valence-electron chi connectivity index (χ0n) is 15.0. The van der Waals surface area contributed by atoms with Crippen LogP contribution in [0.25, 0.3) is 0 Å². The van der Waals surface area contributed by atoms with Crippen LogP contribution >= 0.6 is 12.6 Å². The summed E-state index contributed by atoms with van der Waals surface area (Å²) in [7, 11) is 0. The van der Waals surface area contributed by atoms with Crippen LogP contribution in [0.5, 0.6) is 5.88 Å². The number of carbonyl (C=O) groups excluding carboxylic acids is 1. The minimum absolute atomic E-state index is 0.0535. The Labute approximate surface area is 157 Å². The van der Waals surface area contributed by atoms with Crippen molar-refractivity contribution in [1.82, 2.24) is 15.4 Å². The molecule has 9 heteroatoms. The van der Waals surface area contributed by atoms with E-state index in [0.717, 1.165) is 18.5 Å². The quantitative estimate of drug-likeness (QED) is 0.361. The van der Waals surface area contributed by atoms with E-state index in [2.05, 4.69) is 33.1 Å². The predicted octanol–water partition coefficient (Wildman–Crippen LogP) is 1.98. The van der Waals surface area contributed by atoms with Crippen molar-refractivity contribution < 1.29 is 19.4 Å². The number of rotatable bonds is 8. The molecular weight excluding hydrogens is 356 g/mol. The molecule has 2 rings (SSSR count). The van der Waals surface area contributed by atoms with Crippen LogP contribution in [0.4, 0.5) is 0 Å². The van der Waals surface area contributed by atoms with Gasteiger partial charge in [0.2, 0.25) is 11.8 Å². The molecule has 0 atom stereocenters. The van der Waals surface area contributed by atoms with Gasteiger partial charge in [-0.15, -0.1) is 0 Å². The lowest BCUT2D eigenvalue weighted by atomic mass is 9.98. The van der Waals surface area contributed by atoms with Gasteiger partial charge in [0.05, 0.1) is 24.2 Å². The lowest BCUT2D eigenvalue weighted by Crippen LogP contribution is -2.28. The van der Waals surface area contributed by atoms with E-state index in [0.29, 0.717) is 30.1 Å². The molecule has 1 amide bonds. The molecule has 1 aliphatic rings. The average molecular weight is 380 g/mol. The lowest BCUT2D eigenvalue weighted by Gasteiger charge is -2.18. The molecule has 1 heterocycles. The standard InChI is InChI=1S/C17H24N4O4S/c1-17(2,26)9-13(22)21-20-12-6-3-5-11-16(12)18-10-14(19-11)25-8-4-7-15(23)24/h10,26H,3-9H2,1-2H3,(H,21,22)(H,23,24). The Morgan fingerprint density at radius 1 is 1.42 bits per heavy atom. The van der Waals surface area contributed by atoms with Crippen LogP contribution in [0.1, 0.15) is 57.3 Å². The number of nitrogens with one attached hydrogen (secondary N) is 1. The molecule has 0 saturated carbocycles. The van der Waals surface area contributed by atoms with Crippen molar-refractivity contribution in [3.63, 3.8) is 0 Å². The fourth-order valence-corrected chi connectivity index (χ4v) is 2.65. The molecule has 1 aromatic rings. The highest BCUT2D eigenvalue weighted by Gasteiger charge is 2.21. The van der Waals surface area contributed by atoms with E-state index in [1.807, 2.05) is 13.8 Å². The topological polar surface area (TPSA) is 114 Å². The lowest BCUT2D eigenvalue weighted by molar-refractivity contribution is -0.137. The summed E-state index contributed by atoms with van der Waals surface area (Å²) in [6.07, 6.45) is 4.55. The summed E-state index contributed by atoms with van der Waals surface area (Å²) in [5.41, 5.74) is 4.70. The Morgan fingerprint density at radius 2 is 2.19 bits per heavy atom. The maximum atomic E-state index is 11.9. The first-order valence-corrected chi connectivity index (χ1v) is 8.98. The Balaban J connectivity index is 1.99. The Hall–Kier alpha value is -2.16. The molecule has 26 heavy (non-hydrogen) atoms. The summed E-state index contributed by atoms with van der Waals surface area (Å²) >= 11 is 4.34. The van der Waals surface area contributed by atoms with Gasteiger partial charge in [-0.25, -0.2) is 15.4 Å². The third-order valence-corrected chi connectivity index (χ3v) is 3.77. The summed E-state index contributed by atoms with van der Waals surface area (Å²) in [4.78, 5) is 31.2. The van der Waals surface area contributed by atoms with E-state index >= 15 is 0 Å². The SMILES string of the molecule is CC(C)(S)CC(=O)NN=C1CCCc2nc(OCCCC(=O)O)cnc21. The number of carbonyl (C=O) groups is 2. The minimum Gasteiger partial charge on any atom is -0.481 e. The van der Waals surface area contributed by atoms with Crippen molar-refractivity contribution in [2.24, 2.45) is 5.10 Å². The van der Waals surface area contributed by atoms with Gasteiger partial charge in [0, 0.05) is 17.6 Å². The molecule has 0 aromatic carbocycles. The monoisotopic (exact) mass is 380 g/mol. The number of carboxylic acids is 1. The number of hydrazone groups is 1. The maximum Gasteiger partial charge on any atom is 0.303 e. The molecule has 0 radical (unpaired) electrons. The van der Waals surface area contributed by atoms with E-state index in [1.54, 1.807) is 0 Å². The summed E-state index contributed by atoms with van der Waals surface area (Å²) in [6, 6.07) is 0. The molecule has 0 unspecified atom stereocenters. The molecular formula is C17H24N4O4S. The van der Waals surface area contributed by atoms with Crippen LogP contribution in [0.3, 0.4) is 0 Å². The third-order valence-electron chi connectivity index (χ3n) is 3.62. The summed E-state index contributed by atoms with van der Waals surface area (Å²) < 4.78 is 5.05. The highest BCUT2D eigenvalue weighted by Crippen LogP contribution is 2.21. The van der Waals surface area contributed by atoms with Gasteiger partial charge in [0.1, 0.15) is 5.69 Å². The first kappa shape index (κ1) is 20.2.